The molecular formula is C19H13FN4OS2. The van der Waals surface area contributed by atoms with Gasteiger partial charge in [0.1, 0.15) is 10.8 Å². The highest BCUT2D eigenvalue weighted by Crippen LogP contribution is 2.26. The molecule has 0 spiro atoms. The zero-order valence-corrected chi connectivity index (χ0v) is 15.6. The highest BCUT2D eigenvalue weighted by Gasteiger charge is 2.12. The molecule has 1 aromatic carbocycles. The van der Waals surface area contributed by atoms with Crippen molar-refractivity contribution in [3.05, 3.63) is 71.1 Å². The lowest BCUT2D eigenvalue weighted by molar-refractivity contribution is -0.115. The van der Waals surface area contributed by atoms with Crippen molar-refractivity contribution in [2.45, 2.75) is 6.42 Å². The Morgan fingerprint density at radius 2 is 1.96 bits per heavy atom. The first-order chi connectivity index (χ1) is 13.2. The molecule has 1 amide bonds. The Kier molecular flexibility index (Phi) is 4.99. The van der Waals surface area contributed by atoms with Gasteiger partial charge in [0.05, 0.1) is 17.8 Å². The predicted octanol–water partition coefficient (Wildman–Crippen LogP) is 4.65. The number of pyridine rings is 1. The lowest BCUT2D eigenvalue weighted by Crippen LogP contribution is -2.14. The molecule has 3 heterocycles. The lowest BCUT2D eigenvalue weighted by atomic mass is 10.2. The maximum atomic E-state index is 13.3. The number of nitrogens with one attached hydrogen (secondary N) is 1. The summed E-state index contributed by atoms with van der Waals surface area (Å²) in [5, 5.41) is 7.72. The van der Waals surface area contributed by atoms with E-state index in [1.165, 1.54) is 34.8 Å². The molecule has 0 saturated heterocycles. The fourth-order valence-corrected chi connectivity index (χ4v) is 4.00. The van der Waals surface area contributed by atoms with Gasteiger partial charge in [0, 0.05) is 34.3 Å². The molecule has 1 N–H and O–H groups in total. The minimum atomic E-state index is -0.320. The quantitative estimate of drug-likeness (QED) is 0.533. The van der Waals surface area contributed by atoms with Gasteiger partial charge in [0.2, 0.25) is 5.91 Å². The number of halogens is 1. The van der Waals surface area contributed by atoms with Gasteiger partial charge in [0.25, 0.3) is 0 Å². The molecule has 5 nitrogen and oxygen atoms in total. The first-order valence-corrected chi connectivity index (χ1v) is 9.79. The summed E-state index contributed by atoms with van der Waals surface area (Å²) < 4.78 is 13.3. The number of rotatable bonds is 5. The van der Waals surface area contributed by atoms with Crippen molar-refractivity contribution in [2.75, 3.05) is 5.32 Å². The van der Waals surface area contributed by atoms with Gasteiger partial charge in [0.15, 0.2) is 5.13 Å². The Hall–Kier alpha value is -2.97. The third-order valence-corrected chi connectivity index (χ3v) is 5.37. The summed E-state index contributed by atoms with van der Waals surface area (Å²) >= 11 is 2.77. The Labute approximate surface area is 162 Å². The molecule has 0 saturated carbocycles. The first-order valence-electron chi connectivity index (χ1n) is 8.03. The number of hydrogen-bond donors (Lipinski definition) is 1. The molecule has 3 aromatic heterocycles. The molecule has 8 heteroatoms. The summed E-state index contributed by atoms with van der Waals surface area (Å²) in [6.07, 6.45) is 3.61. The van der Waals surface area contributed by atoms with E-state index < -0.39 is 0 Å². The van der Waals surface area contributed by atoms with Crippen LogP contribution in [0.25, 0.3) is 21.8 Å². The number of thiazole rings is 2. The smallest absolute Gasteiger partial charge is 0.232 e. The number of carbonyl (C=O) groups excluding carboxylic acids is 1. The summed E-state index contributed by atoms with van der Waals surface area (Å²) in [5.74, 6) is -0.516. The van der Waals surface area contributed by atoms with E-state index in [2.05, 4.69) is 20.3 Å². The molecule has 0 aliphatic rings. The maximum absolute atomic E-state index is 13.3. The number of nitrogens with zero attached hydrogens (tertiary/aromatic N) is 3. The van der Waals surface area contributed by atoms with Crippen LogP contribution in [0.3, 0.4) is 0 Å². The molecule has 134 valence electrons. The third-order valence-electron chi connectivity index (χ3n) is 3.67. The van der Waals surface area contributed by atoms with E-state index in [0.29, 0.717) is 22.1 Å². The van der Waals surface area contributed by atoms with Crippen LogP contribution in [0.1, 0.15) is 5.69 Å². The van der Waals surface area contributed by atoms with Gasteiger partial charge in [-0.2, -0.15) is 0 Å². The predicted molar refractivity (Wildman–Crippen MR) is 105 cm³/mol. The molecule has 4 aromatic rings. The van der Waals surface area contributed by atoms with Gasteiger partial charge in [-0.15, -0.1) is 22.7 Å². The van der Waals surface area contributed by atoms with Gasteiger partial charge in [-0.1, -0.05) is 12.1 Å². The van der Waals surface area contributed by atoms with Crippen molar-refractivity contribution in [2.24, 2.45) is 0 Å². The molecular weight excluding hydrogens is 383 g/mol. The Balaban J connectivity index is 1.41. The van der Waals surface area contributed by atoms with Crippen molar-refractivity contribution < 1.29 is 9.18 Å². The van der Waals surface area contributed by atoms with Crippen LogP contribution in [0, 0.1) is 5.82 Å². The standard InChI is InChI=1S/C19H13FN4OS2/c20-14-5-1-3-12(7-14)16-11-27-19(23-16)24-17(25)8-15-10-26-18(22-15)13-4-2-6-21-9-13/h1-7,9-11H,8H2,(H,23,24,25). The van der Waals surface area contributed by atoms with Crippen molar-refractivity contribution in [1.29, 1.82) is 0 Å². The fourth-order valence-electron chi connectivity index (χ4n) is 2.45. The van der Waals surface area contributed by atoms with E-state index in [0.717, 1.165) is 10.6 Å². The van der Waals surface area contributed by atoms with Crippen molar-refractivity contribution >= 4 is 33.7 Å². The second-order valence-electron chi connectivity index (χ2n) is 5.66. The van der Waals surface area contributed by atoms with Crippen LogP contribution in [0.5, 0.6) is 0 Å². The molecule has 27 heavy (non-hydrogen) atoms. The summed E-state index contributed by atoms with van der Waals surface area (Å²) in [5.41, 5.74) is 2.92. The molecule has 0 fully saturated rings. The lowest BCUT2D eigenvalue weighted by Gasteiger charge is -2.00. The van der Waals surface area contributed by atoms with Crippen LogP contribution in [-0.4, -0.2) is 20.9 Å². The molecule has 0 radical (unpaired) electrons. The van der Waals surface area contributed by atoms with Gasteiger partial charge in [-0.3, -0.25) is 9.78 Å². The van der Waals surface area contributed by atoms with E-state index in [-0.39, 0.29) is 18.1 Å². The van der Waals surface area contributed by atoms with E-state index in [1.807, 2.05) is 17.5 Å². The third kappa shape index (κ3) is 4.24. The monoisotopic (exact) mass is 396 g/mol. The van der Waals surface area contributed by atoms with Gasteiger partial charge >= 0.3 is 0 Å². The van der Waals surface area contributed by atoms with Crippen LogP contribution in [0.4, 0.5) is 9.52 Å². The Morgan fingerprint density at radius 1 is 1.07 bits per heavy atom. The molecule has 4 rings (SSSR count). The number of amides is 1. The number of hydrogen-bond acceptors (Lipinski definition) is 6. The molecule has 0 aliphatic heterocycles. The second-order valence-corrected chi connectivity index (χ2v) is 7.38. The van der Waals surface area contributed by atoms with E-state index in [1.54, 1.807) is 29.9 Å². The van der Waals surface area contributed by atoms with Crippen LogP contribution in [-0.2, 0) is 11.2 Å². The largest absolute Gasteiger partial charge is 0.302 e. The summed E-state index contributed by atoms with van der Waals surface area (Å²) in [6.45, 7) is 0. The summed E-state index contributed by atoms with van der Waals surface area (Å²) in [7, 11) is 0. The number of benzene rings is 1. The second kappa shape index (κ2) is 7.73. The zero-order valence-electron chi connectivity index (χ0n) is 13.9. The molecule has 0 aliphatic carbocycles. The number of aromatic nitrogens is 3. The minimum absolute atomic E-state index is 0.158. The SMILES string of the molecule is O=C(Cc1csc(-c2cccnc2)n1)Nc1nc(-c2cccc(F)c2)cs1. The van der Waals surface area contributed by atoms with E-state index in [4.69, 9.17) is 0 Å². The van der Waals surface area contributed by atoms with Gasteiger partial charge < -0.3 is 5.32 Å². The molecule has 0 atom stereocenters. The normalized spacial score (nSPS) is 10.7. The highest BCUT2D eigenvalue weighted by molar-refractivity contribution is 7.14. The zero-order chi connectivity index (χ0) is 18.6. The maximum Gasteiger partial charge on any atom is 0.232 e. The van der Waals surface area contributed by atoms with E-state index >= 15 is 0 Å². The average molecular weight is 396 g/mol. The number of anilines is 1. The van der Waals surface area contributed by atoms with Crippen LogP contribution in [0.2, 0.25) is 0 Å². The fraction of sp³-hybridized carbons (Fsp3) is 0.0526. The van der Waals surface area contributed by atoms with Crippen LogP contribution < -0.4 is 5.32 Å². The Morgan fingerprint density at radius 3 is 2.78 bits per heavy atom. The van der Waals surface area contributed by atoms with Crippen molar-refractivity contribution in [1.82, 2.24) is 15.0 Å². The Bertz CT molecular complexity index is 1080. The minimum Gasteiger partial charge on any atom is -0.302 e. The molecule has 0 unspecified atom stereocenters. The van der Waals surface area contributed by atoms with Crippen molar-refractivity contribution in [3.8, 4) is 21.8 Å². The van der Waals surface area contributed by atoms with E-state index in [9.17, 15) is 9.18 Å². The summed E-state index contributed by atoms with van der Waals surface area (Å²) in [6, 6.07) is 9.98. The number of carbonyl (C=O) groups is 1. The van der Waals surface area contributed by atoms with Crippen molar-refractivity contribution in [3.63, 3.8) is 0 Å². The average Bonchev–Trinajstić information content (AvgIpc) is 3.32. The highest BCUT2D eigenvalue weighted by atomic mass is 32.1. The van der Waals surface area contributed by atoms with Crippen LogP contribution >= 0.6 is 22.7 Å². The molecule has 0 bridgehead atoms. The first kappa shape index (κ1) is 17.4. The van der Waals surface area contributed by atoms with Gasteiger partial charge in [-0.25, -0.2) is 14.4 Å². The van der Waals surface area contributed by atoms with Crippen LogP contribution in [0.15, 0.2) is 59.6 Å². The topological polar surface area (TPSA) is 67.8 Å². The summed E-state index contributed by atoms with van der Waals surface area (Å²) in [4.78, 5) is 25.2. The van der Waals surface area contributed by atoms with Gasteiger partial charge in [-0.05, 0) is 24.3 Å².